The predicted octanol–water partition coefficient (Wildman–Crippen LogP) is 5.47. The number of alkyl halides is 3. The second kappa shape index (κ2) is 9.18. The van der Waals surface area contributed by atoms with Crippen molar-refractivity contribution in [2.24, 2.45) is 0 Å². The average molecular weight is 435 g/mol. The van der Waals surface area contributed by atoms with E-state index >= 15 is 0 Å². The van der Waals surface area contributed by atoms with E-state index in [4.69, 9.17) is 0 Å². The Hall–Kier alpha value is -3.74. The second-order valence-corrected chi connectivity index (χ2v) is 7.39. The van der Waals surface area contributed by atoms with E-state index in [0.29, 0.717) is 24.2 Å². The van der Waals surface area contributed by atoms with Crippen LogP contribution in [0.1, 0.15) is 16.8 Å². The van der Waals surface area contributed by atoms with Crippen molar-refractivity contribution in [2.45, 2.75) is 19.0 Å². The molecule has 2 aromatic carbocycles. The number of pyridine rings is 2. The molecule has 0 saturated carbocycles. The first-order valence-electron chi connectivity index (χ1n) is 10.1. The van der Waals surface area contributed by atoms with Gasteiger partial charge in [0.25, 0.3) is 0 Å². The summed E-state index contributed by atoms with van der Waals surface area (Å²) in [6, 6.07) is 21.3. The molecule has 0 saturated heterocycles. The van der Waals surface area contributed by atoms with Gasteiger partial charge >= 0.3 is 6.18 Å². The van der Waals surface area contributed by atoms with Gasteiger partial charge < -0.3 is 4.90 Å². The smallest absolute Gasteiger partial charge is 0.310 e. The van der Waals surface area contributed by atoms with Crippen molar-refractivity contribution >= 4 is 22.5 Å². The number of anilines is 1. The minimum Gasteiger partial charge on any atom is -0.310 e. The van der Waals surface area contributed by atoms with E-state index in [0.717, 1.165) is 22.5 Å². The zero-order valence-electron chi connectivity index (χ0n) is 17.1. The summed E-state index contributed by atoms with van der Waals surface area (Å²) < 4.78 is 38.3. The molecule has 2 aromatic heterocycles. The zero-order chi connectivity index (χ0) is 22.6. The Morgan fingerprint density at radius 1 is 0.844 bits per heavy atom. The van der Waals surface area contributed by atoms with Crippen molar-refractivity contribution in [1.29, 1.82) is 0 Å². The molecule has 0 aliphatic heterocycles. The topological polar surface area (TPSA) is 46.1 Å². The number of amides is 1. The van der Waals surface area contributed by atoms with Crippen LogP contribution in [0, 0.1) is 0 Å². The normalized spacial score (nSPS) is 11.5. The second-order valence-electron chi connectivity index (χ2n) is 7.39. The monoisotopic (exact) mass is 435 g/mol. The highest BCUT2D eigenvalue weighted by atomic mass is 19.4. The molecule has 1 amide bonds. The van der Waals surface area contributed by atoms with Gasteiger partial charge in [-0.2, -0.15) is 13.2 Å². The van der Waals surface area contributed by atoms with Crippen LogP contribution in [0.2, 0.25) is 0 Å². The molecular formula is C25H20F3N3O. The molecule has 4 aromatic rings. The lowest BCUT2D eigenvalue weighted by molar-refractivity contribution is -0.141. The maximum Gasteiger partial charge on any atom is 0.433 e. The van der Waals surface area contributed by atoms with Crippen molar-refractivity contribution in [3.8, 4) is 0 Å². The van der Waals surface area contributed by atoms with Gasteiger partial charge in [0, 0.05) is 18.1 Å². The van der Waals surface area contributed by atoms with Crippen LogP contribution in [0.3, 0.4) is 0 Å². The first-order valence-corrected chi connectivity index (χ1v) is 10.1. The number of fused-ring (bicyclic) bond motifs is 1. The Morgan fingerprint density at radius 3 is 2.31 bits per heavy atom. The van der Waals surface area contributed by atoms with E-state index < -0.39 is 11.9 Å². The number of rotatable bonds is 6. The molecule has 0 spiro atoms. The molecule has 7 heteroatoms. The van der Waals surface area contributed by atoms with Crippen molar-refractivity contribution < 1.29 is 18.0 Å². The fourth-order valence-corrected chi connectivity index (χ4v) is 3.45. The summed E-state index contributed by atoms with van der Waals surface area (Å²) in [7, 11) is 0. The third-order valence-electron chi connectivity index (χ3n) is 5.13. The van der Waals surface area contributed by atoms with Crippen molar-refractivity contribution in [3.63, 3.8) is 0 Å². The summed E-state index contributed by atoms with van der Waals surface area (Å²) >= 11 is 0. The van der Waals surface area contributed by atoms with Gasteiger partial charge in [-0.3, -0.25) is 14.8 Å². The molecule has 0 aliphatic rings. The molecule has 4 rings (SSSR count). The van der Waals surface area contributed by atoms with Gasteiger partial charge in [0.15, 0.2) is 0 Å². The highest BCUT2D eigenvalue weighted by Gasteiger charge is 2.32. The molecule has 0 radical (unpaired) electrons. The number of aromatic nitrogens is 2. The molecule has 162 valence electrons. The summed E-state index contributed by atoms with van der Waals surface area (Å²) in [6.07, 6.45) is -1.05. The molecule has 0 unspecified atom stereocenters. The highest BCUT2D eigenvalue weighted by Crippen LogP contribution is 2.27. The van der Waals surface area contributed by atoms with Crippen LogP contribution >= 0.6 is 0 Å². The van der Waals surface area contributed by atoms with Crippen LogP contribution in [0.4, 0.5) is 18.9 Å². The first-order chi connectivity index (χ1) is 15.4. The van der Waals surface area contributed by atoms with Gasteiger partial charge in [-0.1, -0.05) is 54.6 Å². The number of carbonyl (C=O) groups is 1. The number of carbonyl (C=O) groups excluding carboxylic acids is 1. The number of hydrogen-bond donors (Lipinski definition) is 0. The molecule has 0 aliphatic carbocycles. The summed E-state index contributed by atoms with van der Waals surface area (Å²) in [5.41, 5.74) is 2.02. The Morgan fingerprint density at radius 2 is 1.59 bits per heavy atom. The van der Waals surface area contributed by atoms with Crippen LogP contribution in [0.25, 0.3) is 10.9 Å². The van der Waals surface area contributed by atoms with Crippen LogP contribution in [-0.2, 0) is 23.8 Å². The van der Waals surface area contributed by atoms with E-state index in [1.54, 1.807) is 11.1 Å². The fraction of sp³-hybridized carbons (Fsp3) is 0.160. The predicted molar refractivity (Wildman–Crippen MR) is 117 cm³/mol. The third kappa shape index (κ3) is 5.11. The lowest BCUT2D eigenvalue weighted by Gasteiger charge is -2.23. The van der Waals surface area contributed by atoms with E-state index in [2.05, 4.69) is 9.97 Å². The summed E-state index contributed by atoms with van der Waals surface area (Å²) in [5, 5.41) is 0.902. The molecule has 0 fully saturated rings. The molecule has 4 nitrogen and oxygen atoms in total. The molecular weight excluding hydrogens is 415 g/mol. The van der Waals surface area contributed by atoms with Gasteiger partial charge in [-0.05, 0) is 35.7 Å². The van der Waals surface area contributed by atoms with Gasteiger partial charge in [-0.25, -0.2) is 0 Å². The van der Waals surface area contributed by atoms with Crippen LogP contribution in [0.15, 0.2) is 85.2 Å². The van der Waals surface area contributed by atoms with Gasteiger partial charge in [0.2, 0.25) is 5.91 Å². The van der Waals surface area contributed by atoms with E-state index in [-0.39, 0.29) is 12.3 Å². The Kier molecular flexibility index (Phi) is 6.16. The van der Waals surface area contributed by atoms with Gasteiger partial charge in [-0.15, -0.1) is 0 Å². The summed E-state index contributed by atoms with van der Waals surface area (Å²) in [4.78, 5) is 22.8. The molecule has 0 bridgehead atoms. The van der Waals surface area contributed by atoms with Crippen LogP contribution in [0.5, 0.6) is 0 Å². The molecule has 0 atom stereocenters. The molecule has 0 N–H and O–H groups in total. The van der Waals surface area contributed by atoms with E-state index in [1.165, 1.54) is 12.3 Å². The Labute approximate surface area is 183 Å². The number of benzene rings is 2. The molecule has 32 heavy (non-hydrogen) atoms. The maximum absolute atomic E-state index is 13.2. The van der Waals surface area contributed by atoms with Gasteiger partial charge in [0.05, 0.1) is 23.8 Å². The van der Waals surface area contributed by atoms with Crippen molar-refractivity contribution in [1.82, 2.24) is 9.97 Å². The van der Waals surface area contributed by atoms with Gasteiger partial charge in [0.1, 0.15) is 5.69 Å². The number of halogens is 3. The average Bonchev–Trinajstić information content (AvgIpc) is 2.79. The van der Waals surface area contributed by atoms with Crippen LogP contribution in [-0.4, -0.2) is 22.4 Å². The SMILES string of the molecule is O=C(Cc1ccccc1)N(CCc1ccc(C(F)(F)F)nc1)c1cnc2ccccc2c1. The highest BCUT2D eigenvalue weighted by molar-refractivity contribution is 5.96. The number of para-hydroxylation sites is 1. The fourth-order valence-electron chi connectivity index (χ4n) is 3.45. The van der Waals surface area contributed by atoms with Crippen molar-refractivity contribution in [2.75, 3.05) is 11.4 Å². The third-order valence-corrected chi connectivity index (χ3v) is 5.13. The largest absolute Gasteiger partial charge is 0.433 e. The lowest BCUT2D eigenvalue weighted by Crippen LogP contribution is -2.34. The summed E-state index contributed by atoms with van der Waals surface area (Å²) in [6.45, 7) is 0.290. The van der Waals surface area contributed by atoms with Crippen LogP contribution < -0.4 is 4.90 Å². The van der Waals surface area contributed by atoms with E-state index in [1.807, 2.05) is 60.7 Å². The zero-order valence-corrected chi connectivity index (χ0v) is 17.1. The minimum absolute atomic E-state index is 0.117. The van der Waals surface area contributed by atoms with Crippen molar-refractivity contribution in [3.05, 3.63) is 102 Å². The van der Waals surface area contributed by atoms with E-state index in [9.17, 15) is 18.0 Å². The standard InChI is InChI=1S/C25H20F3N3O/c26-25(27,28)23-11-10-19(16-30-23)12-13-31(24(32)14-18-6-2-1-3-7-18)21-15-20-8-4-5-9-22(20)29-17-21/h1-11,15-17H,12-14H2. The molecule has 2 heterocycles. The quantitative estimate of drug-likeness (QED) is 0.404. The Bertz CT molecular complexity index is 1210. The Balaban J connectivity index is 1.58. The minimum atomic E-state index is -4.48. The summed E-state index contributed by atoms with van der Waals surface area (Å²) in [5.74, 6) is -0.117. The number of nitrogens with zero attached hydrogens (tertiary/aromatic N) is 3. The maximum atomic E-state index is 13.2. The first kappa shape index (κ1) is 21.5. The number of hydrogen-bond acceptors (Lipinski definition) is 3. The lowest BCUT2D eigenvalue weighted by atomic mass is 10.1.